The Hall–Kier alpha value is -2.83. The number of aromatic nitrogens is 2. The second-order valence-electron chi connectivity index (χ2n) is 4.99. The number of ether oxygens (including phenoxy) is 1. The van der Waals surface area contributed by atoms with E-state index in [1.807, 2.05) is 30.3 Å². The molecule has 0 unspecified atom stereocenters. The number of hydrogen-bond acceptors (Lipinski definition) is 4. The Labute approximate surface area is 126 Å². The van der Waals surface area contributed by atoms with Gasteiger partial charge in [-0.05, 0) is 5.56 Å². The number of benzene rings is 1. The molecule has 3 rings (SSSR count). The highest BCUT2D eigenvalue weighted by atomic mass is 16.6. The number of carboxylic acid groups (broad SMARTS) is 1. The number of rotatable bonds is 3. The number of fused-ring (bicyclic) bond motifs is 1. The molecule has 0 spiro atoms. The maximum atomic E-state index is 12.1. The minimum Gasteiger partial charge on any atom is -0.475 e. The van der Waals surface area contributed by atoms with Crippen molar-refractivity contribution in [2.45, 2.75) is 19.7 Å². The summed E-state index contributed by atoms with van der Waals surface area (Å²) in [6, 6.07) is 9.44. The normalized spacial score (nSPS) is 13.5. The molecule has 1 aromatic carbocycles. The van der Waals surface area contributed by atoms with Crippen LogP contribution in [0.25, 0.3) is 0 Å². The summed E-state index contributed by atoms with van der Waals surface area (Å²) in [4.78, 5) is 28.5. The first kappa shape index (κ1) is 14.1. The molecule has 2 heterocycles. The Morgan fingerprint density at radius 2 is 2.00 bits per heavy atom. The van der Waals surface area contributed by atoms with E-state index in [0.717, 1.165) is 5.56 Å². The minimum absolute atomic E-state index is 0.00676. The Morgan fingerprint density at radius 3 is 2.73 bits per heavy atom. The van der Waals surface area contributed by atoms with Crippen molar-refractivity contribution in [2.24, 2.45) is 0 Å². The molecule has 0 radical (unpaired) electrons. The molecule has 0 bridgehead atoms. The van der Waals surface area contributed by atoms with Crippen molar-refractivity contribution in [1.82, 2.24) is 14.5 Å². The van der Waals surface area contributed by atoms with Crippen molar-refractivity contribution >= 4 is 12.1 Å². The molecular formula is C15H15N3O4. The van der Waals surface area contributed by atoms with E-state index in [9.17, 15) is 9.59 Å². The number of nitrogens with zero attached hydrogens (tertiary/aromatic N) is 3. The SMILES string of the molecule is O=C(O)c1ncc2n1CCN(C(=O)OCc1ccccc1)C2. The summed E-state index contributed by atoms with van der Waals surface area (Å²) in [6.45, 7) is 1.32. The lowest BCUT2D eigenvalue weighted by molar-refractivity contribution is 0.0670. The molecule has 0 aliphatic carbocycles. The van der Waals surface area contributed by atoms with Crippen LogP contribution in [0.5, 0.6) is 0 Å². The van der Waals surface area contributed by atoms with Gasteiger partial charge in [-0.2, -0.15) is 0 Å². The van der Waals surface area contributed by atoms with Crippen LogP contribution in [0.1, 0.15) is 21.9 Å². The van der Waals surface area contributed by atoms with Gasteiger partial charge in [0.1, 0.15) is 6.61 Å². The number of hydrogen-bond donors (Lipinski definition) is 1. The standard InChI is InChI=1S/C15H15N3O4/c19-14(20)13-16-8-12-9-17(6-7-18(12)13)15(21)22-10-11-4-2-1-3-5-11/h1-5,8H,6-7,9-10H2,(H,19,20). The molecule has 7 heteroatoms. The molecule has 0 atom stereocenters. The first-order valence-corrected chi connectivity index (χ1v) is 6.88. The van der Waals surface area contributed by atoms with Gasteiger partial charge in [0, 0.05) is 13.1 Å². The fourth-order valence-corrected chi connectivity index (χ4v) is 2.42. The molecule has 1 amide bonds. The van der Waals surface area contributed by atoms with E-state index in [-0.39, 0.29) is 12.4 Å². The van der Waals surface area contributed by atoms with Gasteiger partial charge >= 0.3 is 12.1 Å². The van der Waals surface area contributed by atoms with Crippen molar-refractivity contribution in [3.63, 3.8) is 0 Å². The van der Waals surface area contributed by atoms with E-state index >= 15 is 0 Å². The van der Waals surface area contributed by atoms with Gasteiger partial charge in [-0.15, -0.1) is 0 Å². The van der Waals surface area contributed by atoms with E-state index in [2.05, 4.69) is 4.98 Å². The molecule has 1 N–H and O–H groups in total. The lowest BCUT2D eigenvalue weighted by Gasteiger charge is -2.27. The molecule has 2 aromatic rings. The number of carbonyl (C=O) groups is 2. The Morgan fingerprint density at radius 1 is 1.23 bits per heavy atom. The van der Waals surface area contributed by atoms with Crippen LogP contribution in [-0.2, 0) is 24.4 Å². The van der Waals surface area contributed by atoms with Gasteiger partial charge in [0.25, 0.3) is 0 Å². The maximum absolute atomic E-state index is 12.1. The first-order chi connectivity index (χ1) is 10.6. The predicted octanol–water partition coefficient (Wildman–Crippen LogP) is 1.73. The van der Waals surface area contributed by atoms with Crippen molar-refractivity contribution < 1.29 is 19.4 Å². The zero-order valence-electron chi connectivity index (χ0n) is 11.8. The summed E-state index contributed by atoms with van der Waals surface area (Å²) < 4.78 is 6.89. The maximum Gasteiger partial charge on any atom is 0.410 e. The summed E-state index contributed by atoms with van der Waals surface area (Å²) in [6.07, 6.45) is 1.08. The molecule has 0 saturated carbocycles. The molecule has 1 aliphatic rings. The van der Waals surface area contributed by atoms with Gasteiger partial charge in [-0.1, -0.05) is 30.3 Å². The average molecular weight is 301 g/mol. The third kappa shape index (κ3) is 2.78. The fourth-order valence-electron chi connectivity index (χ4n) is 2.42. The number of carbonyl (C=O) groups excluding carboxylic acids is 1. The van der Waals surface area contributed by atoms with Crippen molar-refractivity contribution in [1.29, 1.82) is 0 Å². The van der Waals surface area contributed by atoms with Crippen LogP contribution in [0, 0.1) is 0 Å². The number of imidazole rings is 1. The van der Waals surface area contributed by atoms with E-state index < -0.39 is 12.1 Å². The predicted molar refractivity (Wildman–Crippen MR) is 76.2 cm³/mol. The molecule has 0 saturated heterocycles. The molecule has 114 valence electrons. The van der Waals surface area contributed by atoms with Gasteiger partial charge in [0.05, 0.1) is 18.4 Å². The smallest absolute Gasteiger partial charge is 0.410 e. The van der Waals surface area contributed by atoms with Crippen LogP contribution in [0.15, 0.2) is 36.5 Å². The largest absolute Gasteiger partial charge is 0.475 e. The van der Waals surface area contributed by atoms with Gasteiger partial charge < -0.3 is 19.3 Å². The summed E-state index contributed by atoms with van der Waals surface area (Å²) in [7, 11) is 0. The van der Waals surface area contributed by atoms with Crippen LogP contribution >= 0.6 is 0 Å². The molecule has 1 aromatic heterocycles. The minimum atomic E-state index is -1.06. The topological polar surface area (TPSA) is 84.7 Å². The number of aromatic carboxylic acids is 1. The van der Waals surface area contributed by atoms with E-state index in [1.165, 1.54) is 6.20 Å². The van der Waals surface area contributed by atoms with Crippen LogP contribution in [0.3, 0.4) is 0 Å². The van der Waals surface area contributed by atoms with Gasteiger partial charge in [-0.3, -0.25) is 0 Å². The molecule has 7 nitrogen and oxygen atoms in total. The summed E-state index contributed by atoms with van der Waals surface area (Å²) >= 11 is 0. The highest BCUT2D eigenvalue weighted by molar-refractivity contribution is 5.83. The zero-order valence-corrected chi connectivity index (χ0v) is 11.8. The fraction of sp³-hybridized carbons (Fsp3) is 0.267. The number of carboxylic acids is 1. The van der Waals surface area contributed by atoms with Gasteiger partial charge in [0.15, 0.2) is 0 Å². The third-order valence-corrected chi connectivity index (χ3v) is 3.54. The molecule has 1 aliphatic heterocycles. The highest BCUT2D eigenvalue weighted by Gasteiger charge is 2.26. The first-order valence-electron chi connectivity index (χ1n) is 6.88. The van der Waals surface area contributed by atoms with Crippen molar-refractivity contribution in [3.8, 4) is 0 Å². The van der Waals surface area contributed by atoms with E-state index in [0.29, 0.717) is 25.3 Å². The van der Waals surface area contributed by atoms with Crippen molar-refractivity contribution in [3.05, 3.63) is 53.6 Å². The summed E-state index contributed by atoms with van der Waals surface area (Å²) in [5.74, 6) is -1.06. The van der Waals surface area contributed by atoms with Crippen LogP contribution in [0.4, 0.5) is 4.79 Å². The van der Waals surface area contributed by atoms with Crippen molar-refractivity contribution in [2.75, 3.05) is 6.54 Å². The monoisotopic (exact) mass is 301 g/mol. The Kier molecular flexibility index (Phi) is 3.78. The average Bonchev–Trinajstić information content (AvgIpc) is 2.97. The highest BCUT2D eigenvalue weighted by Crippen LogP contribution is 2.16. The lowest BCUT2D eigenvalue weighted by Crippen LogP contribution is -2.39. The summed E-state index contributed by atoms with van der Waals surface area (Å²) in [5, 5.41) is 9.03. The number of amides is 1. The third-order valence-electron chi connectivity index (χ3n) is 3.54. The Balaban J connectivity index is 1.62. The second kappa shape index (κ2) is 5.88. The van der Waals surface area contributed by atoms with Gasteiger partial charge in [0.2, 0.25) is 5.82 Å². The van der Waals surface area contributed by atoms with Gasteiger partial charge in [-0.25, -0.2) is 14.6 Å². The van der Waals surface area contributed by atoms with Crippen LogP contribution in [0.2, 0.25) is 0 Å². The Bertz CT molecular complexity index is 696. The van der Waals surface area contributed by atoms with Crippen LogP contribution in [-0.4, -0.2) is 38.2 Å². The van der Waals surface area contributed by atoms with E-state index in [1.54, 1.807) is 9.47 Å². The second-order valence-corrected chi connectivity index (χ2v) is 4.99. The molecule has 22 heavy (non-hydrogen) atoms. The zero-order chi connectivity index (χ0) is 15.5. The quantitative estimate of drug-likeness (QED) is 0.933. The summed E-state index contributed by atoms with van der Waals surface area (Å²) in [5.41, 5.74) is 1.62. The molecular weight excluding hydrogens is 286 g/mol. The van der Waals surface area contributed by atoms with Crippen LogP contribution < -0.4 is 0 Å². The lowest BCUT2D eigenvalue weighted by atomic mass is 10.2. The molecule has 0 fully saturated rings. The van der Waals surface area contributed by atoms with E-state index in [4.69, 9.17) is 9.84 Å².